The van der Waals surface area contributed by atoms with Gasteiger partial charge in [0.1, 0.15) is 12.1 Å². The van der Waals surface area contributed by atoms with E-state index >= 15 is 0 Å². The molecule has 0 aromatic heterocycles. The van der Waals surface area contributed by atoms with Crippen molar-refractivity contribution in [3.63, 3.8) is 0 Å². The zero-order valence-electron chi connectivity index (χ0n) is 12.2. The highest BCUT2D eigenvalue weighted by Crippen LogP contribution is 2.11. The Hall–Kier alpha value is -2.20. The monoisotopic (exact) mass is 318 g/mol. The molecule has 0 spiro atoms. The summed E-state index contributed by atoms with van der Waals surface area (Å²) in [6.07, 6.45) is 0.0143. The van der Waals surface area contributed by atoms with Crippen LogP contribution >= 0.6 is 0 Å². The number of carbonyl (C=O) groups is 4. The van der Waals surface area contributed by atoms with E-state index in [1.807, 2.05) is 0 Å². The van der Waals surface area contributed by atoms with Crippen LogP contribution in [0.2, 0.25) is 0 Å². The van der Waals surface area contributed by atoms with Crippen molar-refractivity contribution in [2.45, 2.75) is 44.7 Å². The van der Waals surface area contributed by atoms with Crippen molar-refractivity contribution in [3.8, 4) is 0 Å². The van der Waals surface area contributed by atoms with Crippen molar-refractivity contribution in [2.75, 3.05) is 0 Å². The lowest BCUT2D eigenvalue weighted by molar-refractivity contribution is -0.144. The molecule has 0 aliphatic heterocycles. The van der Waals surface area contributed by atoms with Crippen LogP contribution in [0.3, 0.4) is 0 Å². The lowest BCUT2D eigenvalue weighted by Gasteiger charge is -2.21. The molecule has 0 aromatic carbocycles. The predicted molar refractivity (Wildman–Crippen MR) is 75.1 cm³/mol. The molecule has 0 rings (SSSR count). The number of hydrazine groups is 1. The number of nitrogens with two attached hydrogens (primary N) is 2. The molecule has 0 saturated heterocycles. The van der Waals surface area contributed by atoms with Crippen LogP contribution in [0.4, 0.5) is 0 Å². The summed E-state index contributed by atoms with van der Waals surface area (Å²) in [5.41, 5.74) is 14.8. The number of amides is 2. The number of hydrogen-bond donors (Lipinski definition) is 6. The third kappa shape index (κ3) is 7.55. The molecule has 3 atom stereocenters. The fraction of sp³-hybridized carbons (Fsp3) is 0.667. The molecule has 126 valence electrons. The van der Waals surface area contributed by atoms with Gasteiger partial charge in [-0.25, -0.2) is 10.9 Å². The van der Waals surface area contributed by atoms with Gasteiger partial charge in [0, 0.05) is 12.3 Å². The molecular weight excluding hydrogens is 296 g/mol. The first-order chi connectivity index (χ1) is 10.2. The van der Waals surface area contributed by atoms with Crippen LogP contribution in [0.5, 0.6) is 0 Å². The third-order valence-electron chi connectivity index (χ3n) is 3.12. The number of carboxylic acid groups (broad SMARTS) is 2. The fourth-order valence-electron chi connectivity index (χ4n) is 1.74. The van der Waals surface area contributed by atoms with E-state index in [2.05, 4.69) is 10.9 Å². The maximum absolute atomic E-state index is 11.1. The van der Waals surface area contributed by atoms with E-state index in [-0.39, 0.29) is 19.3 Å². The number of aliphatic carboxylic acids is 2. The molecule has 10 nitrogen and oxygen atoms in total. The Morgan fingerprint density at radius 2 is 1.50 bits per heavy atom. The third-order valence-corrected chi connectivity index (χ3v) is 3.12. The molecule has 10 heteroatoms. The van der Waals surface area contributed by atoms with Crippen LogP contribution in [-0.2, 0) is 19.2 Å². The molecular formula is C12H22N4O6. The summed E-state index contributed by atoms with van der Waals surface area (Å²) in [4.78, 5) is 44.0. The van der Waals surface area contributed by atoms with Crippen LogP contribution in [0.25, 0.3) is 0 Å². The number of hydrogen-bond acceptors (Lipinski definition) is 6. The summed E-state index contributed by atoms with van der Waals surface area (Å²) >= 11 is 0. The van der Waals surface area contributed by atoms with Crippen molar-refractivity contribution in [2.24, 2.45) is 17.4 Å². The van der Waals surface area contributed by atoms with E-state index in [0.717, 1.165) is 0 Å². The summed E-state index contributed by atoms with van der Waals surface area (Å²) in [7, 11) is 0. The van der Waals surface area contributed by atoms with Crippen molar-refractivity contribution in [3.05, 3.63) is 0 Å². The van der Waals surface area contributed by atoms with E-state index < -0.39 is 41.8 Å². The van der Waals surface area contributed by atoms with Gasteiger partial charge >= 0.3 is 11.9 Å². The highest BCUT2D eigenvalue weighted by Gasteiger charge is 2.26. The number of carboxylic acids is 2. The second kappa shape index (κ2) is 9.68. The average molecular weight is 318 g/mol. The topological polar surface area (TPSA) is 185 Å². The maximum Gasteiger partial charge on any atom is 0.322 e. The van der Waals surface area contributed by atoms with Gasteiger partial charge in [-0.2, -0.15) is 0 Å². The Morgan fingerprint density at radius 3 is 1.86 bits per heavy atom. The summed E-state index contributed by atoms with van der Waals surface area (Å²) in [6, 6.07) is -2.39. The second-order valence-electron chi connectivity index (χ2n) is 4.82. The SMILES string of the molecule is CCC(C[C@H](NN[C@@H](CCC(N)=O)C(=O)O)C(=O)O)C(N)=O. The van der Waals surface area contributed by atoms with Crippen LogP contribution in [0, 0.1) is 5.92 Å². The van der Waals surface area contributed by atoms with E-state index in [1.165, 1.54) is 0 Å². The molecule has 0 aliphatic carbocycles. The lowest BCUT2D eigenvalue weighted by atomic mass is 9.97. The Balaban J connectivity index is 4.66. The first-order valence-electron chi connectivity index (χ1n) is 6.73. The Bertz CT molecular complexity index is 428. The van der Waals surface area contributed by atoms with Gasteiger partial charge in [-0.3, -0.25) is 19.2 Å². The van der Waals surface area contributed by atoms with Crippen LogP contribution in [-0.4, -0.2) is 46.0 Å². The van der Waals surface area contributed by atoms with Gasteiger partial charge in [-0.15, -0.1) is 0 Å². The first kappa shape index (κ1) is 19.8. The average Bonchev–Trinajstić information content (AvgIpc) is 2.40. The number of primary amides is 2. The minimum atomic E-state index is -1.26. The molecule has 0 radical (unpaired) electrons. The maximum atomic E-state index is 11.1. The van der Waals surface area contributed by atoms with Gasteiger partial charge in [0.05, 0.1) is 0 Å². The molecule has 0 aromatic rings. The standard InChI is InChI=1S/C12H22N4O6/c1-2-6(10(14)18)5-8(12(21)22)16-15-7(11(19)20)3-4-9(13)17/h6-8,15-16H,2-5H2,1H3,(H2,13,17)(H2,14,18)(H,19,20)(H,21,22)/t6?,7-,8-/m0/s1. The van der Waals surface area contributed by atoms with Gasteiger partial charge in [0.25, 0.3) is 0 Å². The summed E-state index contributed by atoms with van der Waals surface area (Å²) in [5.74, 6) is -4.46. The molecule has 0 saturated carbocycles. The van der Waals surface area contributed by atoms with Gasteiger partial charge in [0.15, 0.2) is 0 Å². The first-order valence-corrected chi connectivity index (χ1v) is 6.73. The smallest absolute Gasteiger partial charge is 0.322 e. The number of carbonyl (C=O) groups excluding carboxylic acids is 2. The highest BCUT2D eigenvalue weighted by molar-refractivity contribution is 5.79. The minimum Gasteiger partial charge on any atom is -0.480 e. The molecule has 1 unspecified atom stereocenters. The Morgan fingerprint density at radius 1 is 1.00 bits per heavy atom. The van der Waals surface area contributed by atoms with Crippen molar-refractivity contribution >= 4 is 23.8 Å². The van der Waals surface area contributed by atoms with Crippen LogP contribution in [0.15, 0.2) is 0 Å². The fourth-order valence-corrected chi connectivity index (χ4v) is 1.74. The van der Waals surface area contributed by atoms with Crippen molar-refractivity contribution < 1.29 is 29.4 Å². The predicted octanol–water partition coefficient (Wildman–Crippen LogP) is -1.85. The van der Waals surface area contributed by atoms with Gasteiger partial charge in [0.2, 0.25) is 11.8 Å². The van der Waals surface area contributed by atoms with Crippen LogP contribution in [0.1, 0.15) is 32.6 Å². The van der Waals surface area contributed by atoms with Gasteiger partial charge in [-0.1, -0.05) is 6.92 Å². The zero-order chi connectivity index (χ0) is 17.3. The van der Waals surface area contributed by atoms with Crippen molar-refractivity contribution in [1.82, 2.24) is 10.9 Å². The number of rotatable bonds is 12. The quantitative estimate of drug-likeness (QED) is 0.226. The second-order valence-corrected chi connectivity index (χ2v) is 4.82. The molecule has 2 amide bonds. The molecule has 0 fully saturated rings. The molecule has 0 aliphatic rings. The van der Waals surface area contributed by atoms with E-state index in [0.29, 0.717) is 6.42 Å². The normalized spacial score (nSPS) is 14.8. The van der Waals surface area contributed by atoms with Gasteiger partial charge < -0.3 is 21.7 Å². The number of nitrogens with one attached hydrogen (secondary N) is 2. The molecule has 22 heavy (non-hydrogen) atoms. The van der Waals surface area contributed by atoms with Gasteiger partial charge in [-0.05, 0) is 19.3 Å². The van der Waals surface area contributed by atoms with E-state index in [4.69, 9.17) is 21.7 Å². The summed E-state index contributed by atoms with van der Waals surface area (Å²) in [6.45, 7) is 1.69. The molecule has 0 heterocycles. The summed E-state index contributed by atoms with van der Waals surface area (Å²) in [5, 5.41) is 18.1. The minimum absolute atomic E-state index is 0.0870. The molecule has 0 bridgehead atoms. The summed E-state index contributed by atoms with van der Waals surface area (Å²) < 4.78 is 0. The van der Waals surface area contributed by atoms with Crippen LogP contribution < -0.4 is 22.3 Å². The van der Waals surface area contributed by atoms with E-state index in [9.17, 15) is 19.2 Å². The Labute approximate surface area is 127 Å². The lowest BCUT2D eigenvalue weighted by Crippen LogP contribution is -2.53. The largest absolute Gasteiger partial charge is 0.480 e. The Kier molecular flexibility index (Phi) is 8.72. The van der Waals surface area contributed by atoms with Crippen molar-refractivity contribution in [1.29, 1.82) is 0 Å². The highest BCUT2D eigenvalue weighted by atomic mass is 16.4. The molecule has 8 N–H and O–H groups in total. The van der Waals surface area contributed by atoms with E-state index in [1.54, 1.807) is 6.92 Å². The zero-order valence-corrected chi connectivity index (χ0v) is 12.2.